The van der Waals surface area contributed by atoms with Crippen molar-refractivity contribution >= 4 is 33.2 Å². The SMILES string of the molecule is CC1(C)c2ccccc2-c2ccc(Nc3ccc(-c4ccc5c(c4)c4ccccc4n5-c4ccccc4)cc3-c3ccc(-c4ccccc4)cc3)cc21. The topological polar surface area (TPSA) is 17.0 Å². The van der Waals surface area contributed by atoms with Crippen LogP contribution in [0, 0.1) is 0 Å². The van der Waals surface area contributed by atoms with Gasteiger partial charge in [-0.15, -0.1) is 0 Å². The van der Waals surface area contributed by atoms with Gasteiger partial charge in [0, 0.05) is 38.8 Å². The second-order valence-electron chi connectivity index (χ2n) is 14.7. The van der Waals surface area contributed by atoms with Crippen LogP contribution >= 0.6 is 0 Å². The van der Waals surface area contributed by atoms with E-state index in [9.17, 15) is 0 Å². The van der Waals surface area contributed by atoms with Gasteiger partial charge in [-0.1, -0.05) is 147 Å². The van der Waals surface area contributed by atoms with Crippen LogP contribution in [-0.4, -0.2) is 4.57 Å². The lowest BCUT2D eigenvalue weighted by atomic mass is 9.82. The van der Waals surface area contributed by atoms with Gasteiger partial charge in [0.1, 0.15) is 0 Å². The Labute approximate surface area is 310 Å². The summed E-state index contributed by atoms with van der Waals surface area (Å²) in [5, 5.41) is 6.37. The van der Waals surface area contributed by atoms with E-state index < -0.39 is 0 Å². The van der Waals surface area contributed by atoms with Gasteiger partial charge in [-0.25, -0.2) is 0 Å². The van der Waals surface area contributed by atoms with Crippen molar-refractivity contribution in [2.45, 2.75) is 19.3 Å². The van der Waals surface area contributed by atoms with Crippen molar-refractivity contribution < 1.29 is 0 Å². The smallest absolute Gasteiger partial charge is 0.0541 e. The van der Waals surface area contributed by atoms with Crippen molar-refractivity contribution in [2.75, 3.05) is 5.32 Å². The Morgan fingerprint density at radius 2 is 1.00 bits per heavy atom. The van der Waals surface area contributed by atoms with Gasteiger partial charge >= 0.3 is 0 Å². The van der Waals surface area contributed by atoms with Crippen molar-refractivity contribution in [1.29, 1.82) is 0 Å². The van der Waals surface area contributed by atoms with E-state index in [4.69, 9.17) is 0 Å². The normalized spacial score (nSPS) is 12.9. The fourth-order valence-corrected chi connectivity index (χ4v) is 8.49. The Bertz CT molecular complexity index is 2810. The molecule has 2 heteroatoms. The first kappa shape index (κ1) is 31.1. The van der Waals surface area contributed by atoms with Crippen molar-refractivity contribution in [1.82, 2.24) is 4.57 Å². The molecule has 1 aromatic heterocycles. The number of hydrogen-bond acceptors (Lipinski definition) is 1. The fraction of sp³-hybridized carbons (Fsp3) is 0.0588. The average molecular weight is 679 g/mol. The number of rotatable bonds is 6. The molecule has 0 spiro atoms. The zero-order valence-electron chi connectivity index (χ0n) is 29.8. The minimum absolute atomic E-state index is 0.0636. The van der Waals surface area contributed by atoms with Crippen LogP contribution in [0.1, 0.15) is 25.0 Å². The van der Waals surface area contributed by atoms with E-state index in [0.717, 1.165) is 16.9 Å². The van der Waals surface area contributed by atoms with E-state index in [-0.39, 0.29) is 5.41 Å². The molecule has 0 fully saturated rings. The molecule has 0 radical (unpaired) electrons. The number of anilines is 2. The Morgan fingerprint density at radius 3 is 1.83 bits per heavy atom. The molecule has 9 aromatic rings. The summed E-state index contributed by atoms with van der Waals surface area (Å²) in [5.41, 5.74) is 18.2. The predicted molar refractivity (Wildman–Crippen MR) is 224 cm³/mol. The van der Waals surface area contributed by atoms with Crippen molar-refractivity contribution in [3.05, 3.63) is 199 Å². The molecule has 0 bridgehead atoms. The minimum atomic E-state index is -0.0636. The maximum absolute atomic E-state index is 3.86. The number of nitrogens with one attached hydrogen (secondary N) is 1. The van der Waals surface area contributed by atoms with Crippen LogP contribution in [0.3, 0.4) is 0 Å². The van der Waals surface area contributed by atoms with Gasteiger partial charge < -0.3 is 9.88 Å². The van der Waals surface area contributed by atoms with E-state index in [0.29, 0.717) is 0 Å². The molecule has 0 saturated carbocycles. The molecule has 10 rings (SSSR count). The van der Waals surface area contributed by atoms with Gasteiger partial charge in [0.2, 0.25) is 0 Å². The first-order chi connectivity index (χ1) is 26.0. The maximum Gasteiger partial charge on any atom is 0.0541 e. The van der Waals surface area contributed by atoms with Crippen molar-refractivity contribution in [3.63, 3.8) is 0 Å². The molecule has 53 heavy (non-hydrogen) atoms. The van der Waals surface area contributed by atoms with Crippen molar-refractivity contribution in [3.8, 4) is 50.2 Å². The van der Waals surface area contributed by atoms with E-state index in [2.05, 4.69) is 212 Å². The van der Waals surface area contributed by atoms with Crippen LogP contribution in [0.25, 0.3) is 72.0 Å². The van der Waals surface area contributed by atoms with Gasteiger partial charge in [-0.2, -0.15) is 0 Å². The highest BCUT2D eigenvalue weighted by molar-refractivity contribution is 6.10. The zero-order chi connectivity index (χ0) is 35.5. The summed E-state index contributed by atoms with van der Waals surface area (Å²) in [6.45, 7) is 4.67. The van der Waals surface area contributed by atoms with Crippen LogP contribution in [-0.2, 0) is 5.41 Å². The largest absolute Gasteiger partial charge is 0.355 e. The number of fused-ring (bicyclic) bond motifs is 6. The predicted octanol–water partition coefficient (Wildman–Crippen LogP) is 13.8. The van der Waals surface area contributed by atoms with E-state index in [1.54, 1.807) is 0 Å². The van der Waals surface area contributed by atoms with Crippen LogP contribution in [0.15, 0.2) is 188 Å². The molecule has 1 N–H and O–H groups in total. The molecule has 1 aliphatic carbocycles. The summed E-state index contributed by atoms with van der Waals surface area (Å²) in [5.74, 6) is 0. The second-order valence-corrected chi connectivity index (χ2v) is 14.7. The summed E-state index contributed by atoms with van der Waals surface area (Å²) < 4.78 is 2.37. The van der Waals surface area contributed by atoms with Gasteiger partial charge in [0.15, 0.2) is 0 Å². The molecule has 8 aromatic carbocycles. The molecule has 0 unspecified atom stereocenters. The Balaban J connectivity index is 1.09. The summed E-state index contributed by atoms with van der Waals surface area (Å²) in [4.78, 5) is 0. The summed E-state index contributed by atoms with van der Waals surface area (Å²) in [6.07, 6.45) is 0. The molecule has 1 aliphatic rings. The number of aromatic nitrogens is 1. The molecular weight excluding hydrogens is 641 g/mol. The van der Waals surface area contributed by atoms with Crippen LogP contribution < -0.4 is 5.32 Å². The van der Waals surface area contributed by atoms with Crippen LogP contribution in [0.2, 0.25) is 0 Å². The second kappa shape index (κ2) is 12.3. The Morgan fingerprint density at radius 1 is 0.396 bits per heavy atom. The summed E-state index contributed by atoms with van der Waals surface area (Å²) >= 11 is 0. The lowest BCUT2D eigenvalue weighted by Crippen LogP contribution is -2.15. The first-order valence-electron chi connectivity index (χ1n) is 18.4. The van der Waals surface area contributed by atoms with Gasteiger partial charge in [-0.3, -0.25) is 0 Å². The van der Waals surface area contributed by atoms with Gasteiger partial charge in [0.05, 0.1) is 11.0 Å². The van der Waals surface area contributed by atoms with Gasteiger partial charge in [-0.05, 0) is 105 Å². The monoisotopic (exact) mass is 678 g/mol. The van der Waals surface area contributed by atoms with E-state index in [1.807, 2.05) is 0 Å². The highest BCUT2D eigenvalue weighted by Crippen LogP contribution is 2.49. The zero-order valence-corrected chi connectivity index (χ0v) is 29.8. The molecule has 252 valence electrons. The standard InChI is InChI=1S/C51H38N2/c1-51(2)46-19-11-9-17-41(46)42-28-27-39(33-47(42)51)52-48-29-25-37(31-44(48)36-23-21-35(22-24-36)34-13-5-3-6-14-34)38-26-30-50-45(32-38)43-18-10-12-20-49(43)53(50)40-15-7-4-8-16-40/h3-33,52H,1-2H3. The first-order valence-corrected chi connectivity index (χ1v) is 18.4. The number of benzene rings is 8. The summed E-state index contributed by atoms with van der Waals surface area (Å²) in [6, 6.07) is 68.4. The number of nitrogens with zero attached hydrogens (tertiary/aromatic N) is 1. The van der Waals surface area contributed by atoms with Crippen molar-refractivity contribution in [2.24, 2.45) is 0 Å². The van der Waals surface area contributed by atoms with E-state index >= 15 is 0 Å². The average Bonchev–Trinajstić information content (AvgIpc) is 3.66. The quantitative estimate of drug-likeness (QED) is 0.185. The third-order valence-electron chi connectivity index (χ3n) is 11.2. The van der Waals surface area contributed by atoms with Crippen LogP contribution in [0.5, 0.6) is 0 Å². The lowest BCUT2D eigenvalue weighted by molar-refractivity contribution is 0.660. The fourth-order valence-electron chi connectivity index (χ4n) is 8.49. The minimum Gasteiger partial charge on any atom is -0.355 e. The highest BCUT2D eigenvalue weighted by Gasteiger charge is 2.35. The summed E-state index contributed by atoms with van der Waals surface area (Å²) in [7, 11) is 0. The molecule has 0 saturated heterocycles. The molecular formula is C51H38N2. The van der Waals surface area contributed by atoms with Crippen LogP contribution in [0.4, 0.5) is 11.4 Å². The Kier molecular flexibility index (Phi) is 7.19. The van der Waals surface area contributed by atoms with Gasteiger partial charge in [0.25, 0.3) is 0 Å². The number of para-hydroxylation sites is 2. The third-order valence-corrected chi connectivity index (χ3v) is 11.2. The molecule has 0 atom stereocenters. The molecule has 2 nitrogen and oxygen atoms in total. The molecule has 0 amide bonds. The lowest BCUT2D eigenvalue weighted by Gasteiger charge is -2.22. The third kappa shape index (κ3) is 5.18. The van der Waals surface area contributed by atoms with E-state index in [1.165, 1.54) is 77.6 Å². The molecule has 1 heterocycles. The highest BCUT2D eigenvalue weighted by atomic mass is 15.0. The Hall–Kier alpha value is -6.64. The number of hydrogen-bond donors (Lipinski definition) is 1. The molecule has 0 aliphatic heterocycles. The maximum atomic E-state index is 3.86.